The van der Waals surface area contributed by atoms with Crippen molar-refractivity contribution >= 4 is 9.84 Å². The molecule has 6 heteroatoms. The van der Waals surface area contributed by atoms with Crippen LogP contribution in [-0.4, -0.2) is 27.3 Å². The van der Waals surface area contributed by atoms with Crippen molar-refractivity contribution < 1.29 is 17.2 Å². The first-order valence-corrected chi connectivity index (χ1v) is 7.58. The molecule has 0 amide bonds. The molecule has 3 nitrogen and oxygen atoms in total. The van der Waals surface area contributed by atoms with Gasteiger partial charge in [-0.2, -0.15) is 0 Å². The topological polar surface area (TPSA) is 46.2 Å². The quantitative estimate of drug-likeness (QED) is 0.926. The van der Waals surface area contributed by atoms with Crippen LogP contribution in [0.2, 0.25) is 0 Å². The second kappa shape index (κ2) is 5.54. The van der Waals surface area contributed by atoms with E-state index in [1.54, 1.807) is 7.05 Å². The van der Waals surface area contributed by atoms with Gasteiger partial charge in [-0.25, -0.2) is 17.2 Å². The van der Waals surface area contributed by atoms with Crippen LogP contribution in [0.25, 0.3) is 0 Å². The first kappa shape index (κ1) is 16.0. The van der Waals surface area contributed by atoms with Crippen LogP contribution >= 0.6 is 0 Å². The average molecular weight is 291 g/mol. The standard InChI is InChI=1S/C13H19F2NO2S/c1-13(2,3)12(16-4)8-19(17,18)11-7-9(14)5-6-10(11)15/h5-7,12,16H,8H2,1-4H3. The molecule has 0 heterocycles. The molecule has 0 radical (unpaired) electrons. The van der Waals surface area contributed by atoms with Crippen LogP contribution in [0.5, 0.6) is 0 Å². The molecule has 1 rings (SSSR count). The van der Waals surface area contributed by atoms with Crippen LogP contribution in [0.4, 0.5) is 8.78 Å². The lowest BCUT2D eigenvalue weighted by molar-refractivity contribution is 0.302. The van der Waals surface area contributed by atoms with Crippen LogP contribution in [0.1, 0.15) is 20.8 Å². The average Bonchev–Trinajstić information content (AvgIpc) is 2.27. The first-order chi connectivity index (χ1) is 8.58. The third kappa shape index (κ3) is 3.98. The van der Waals surface area contributed by atoms with Crippen molar-refractivity contribution in [2.24, 2.45) is 5.41 Å². The highest BCUT2D eigenvalue weighted by molar-refractivity contribution is 7.91. The molecule has 0 aliphatic carbocycles. The molecule has 1 atom stereocenters. The van der Waals surface area contributed by atoms with Gasteiger partial charge in [-0.15, -0.1) is 0 Å². The summed E-state index contributed by atoms with van der Waals surface area (Å²) in [6.45, 7) is 5.64. The zero-order valence-corrected chi connectivity index (χ0v) is 12.3. The Morgan fingerprint density at radius 3 is 2.32 bits per heavy atom. The van der Waals surface area contributed by atoms with Crippen molar-refractivity contribution in [3.63, 3.8) is 0 Å². The summed E-state index contributed by atoms with van der Waals surface area (Å²) in [5, 5.41) is 2.91. The minimum atomic E-state index is -3.89. The van der Waals surface area contributed by atoms with E-state index in [0.717, 1.165) is 18.2 Å². The van der Waals surface area contributed by atoms with Crippen molar-refractivity contribution in [2.75, 3.05) is 12.8 Å². The number of halogens is 2. The minimum Gasteiger partial charge on any atom is -0.315 e. The zero-order valence-electron chi connectivity index (χ0n) is 11.5. The van der Waals surface area contributed by atoms with E-state index in [2.05, 4.69) is 5.32 Å². The van der Waals surface area contributed by atoms with Gasteiger partial charge < -0.3 is 5.32 Å². The van der Waals surface area contributed by atoms with E-state index >= 15 is 0 Å². The van der Waals surface area contributed by atoms with Gasteiger partial charge in [0.15, 0.2) is 9.84 Å². The highest BCUT2D eigenvalue weighted by Crippen LogP contribution is 2.24. The Balaban J connectivity index is 3.14. The molecule has 0 fully saturated rings. The van der Waals surface area contributed by atoms with Crippen molar-refractivity contribution in [3.05, 3.63) is 29.8 Å². The summed E-state index contributed by atoms with van der Waals surface area (Å²) in [6, 6.07) is 2.08. The van der Waals surface area contributed by atoms with Gasteiger partial charge in [0.2, 0.25) is 0 Å². The van der Waals surface area contributed by atoms with Crippen LogP contribution in [0.15, 0.2) is 23.1 Å². The Labute approximate surface area is 112 Å². The van der Waals surface area contributed by atoms with E-state index < -0.39 is 26.4 Å². The molecular formula is C13H19F2NO2S. The molecule has 1 N–H and O–H groups in total. The Hall–Kier alpha value is -1.01. The first-order valence-electron chi connectivity index (χ1n) is 5.93. The summed E-state index contributed by atoms with van der Waals surface area (Å²) in [5.41, 5.74) is -0.314. The fourth-order valence-corrected chi connectivity index (χ4v) is 3.73. The molecule has 1 unspecified atom stereocenters. The Kier molecular flexibility index (Phi) is 4.68. The van der Waals surface area contributed by atoms with E-state index in [1.165, 1.54) is 0 Å². The van der Waals surface area contributed by atoms with Gasteiger partial charge in [0.05, 0.1) is 5.75 Å². The van der Waals surface area contributed by atoms with E-state index in [1.807, 2.05) is 20.8 Å². The third-order valence-electron chi connectivity index (χ3n) is 3.01. The molecule has 0 aliphatic heterocycles. The number of sulfone groups is 1. The lowest BCUT2D eigenvalue weighted by Gasteiger charge is -2.30. The Morgan fingerprint density at radius 2 is 1.84 bits per heavy atom. The molecule has 0 aromatic heterocycles. The van der Waals surface area contributed by atoms with Crippen molar-refractivity contribution in [2.45, 2.75) is 31.7 Å². The fourth-order valence-electron chi connectivity index (χ4n) is 1.79. The highest BCUT2D eigenvalue weighted by atomic mass is 32.2. The van der Waals surface area contributed by atoms with Crippen molar-refractivity contribution in [1.29, 1.82) is 0 Å². The summed E-state index contributed by atoms with van der Waals surface area (Å²) in [4.78, 5) is -0.586. The van der Waals surface area contributed by atoms with Crippen LogP contribution in [-0.2, 0) is 9.84 Å². The summed E-state index contributed by atoms with van der Waals surface area (Å²) in [7, 11) is -2.24. The van der Waals surface area contributed by atoms with E-state index in [0.29, 0.717) is 0 Å². The predicted molar refractivity (Wildman–Crippen MR) is 70.7 cm³/mol. The smallest absolute Gasteiger partial charge is 0.182 e. The van der Waals surface area contributed by atoms with Gasteiger partial charge >= 0.3 is 0 Å². The SMILES string of the molecule is CNC(CS(=O)(=O)c1cc(F)ccc1F)C(C)(C)C. The molecule has 108 valence electrons. The Morgan fingerprint density at radius 1 is 1.26 bits per heavy atom. The van der Waals surface area contributed by atoms with Gasteiger partial charge in [0.25, 0.3) is 0 Å². The molecular weight excluding hydrogens is 272 g/mol. The number of hydrogen-bond acceptors (Lipinski definition) is 3. The summed E-state index contributed by atoms with van der Waals surface area (Å²) < 4.78 is 51.0. The molecule has 0 saturated carbocycles. The largest absolute Gasteiger partial charge is 0.315 e. The van der Waals surface area contributed by atoms with Crippen molar-refractivity contribution in [3.8, 4) is 0 Å². The van der Waals surface area contributed by atoms with E-state index in [-0.39, 0.29) is 17.2 Å². The summed E-state index contributed by atoms with van der Waals surface area (Å²) in [6.07, 6.45) is 0. The molecule has 1 aromatic carbocycles. The second-order valence-electron chi connectivity index (χ2n) is 5.56. The van der Waals surface area contributed by atoms with Gasteiger partial charge in [-0.05, 0) is 30.7 Å². The maximum Gasteiger partial charge on any atom is 0.182 e. The lowest BCUT2D eigenvalue weighted by Crippen LogP contribution is -2.43. The van der Waals surface area contributed by atoms with Crippen LogP contribution < -0.4 is 5.32 Å². The number of hydrogen-bond donors (Lipinski definition) is 1. The normalized spacial score (nSPS) is 14.4. The minimum absolute atomic E-state index is 0.284. The lowest BCUT2D eigenvalue weighted by atomic mass is 9.88. The molecule has 0 spiro atoms. The summed E-state index contributed by atoms with van der Waals surface area (Å²) in [5.74, 6) is -1.98. The van der Waals surface area contributed by atoms with E-state index in [9.17, 15) is 17.2 Å². The number of nitrogens with one attached hydrogen (secondary N) is 1. The molecule has 0 bridgehead atoms. The van der Waals surface area contributed by atoms with E-state index in [4.69, 9.17) is 0 Å². The molecule has 0 aliphatic rings. The third-order valence-corrected chi connectivity index (χ3v) is 4.76. The van der Waals surface area contributed by atoms with Crippen molar-refractivity contribution in [1.82, 2.24) is 5.32 Å². The number of benzene rings is 1. The molecule has 19 heavy (non-hydrogen) atoms. The maximum absolute atomic E-state index is 13.5. The highest BCUT2D eigenvalue weighted by Gasteiger charge is 2.30. The van der Waals surface area contributed by atoms with Gasteiger partial charge in [-0.1, -0.05) is 20.8 Å². The second-order valence-corrected chi connectivity index (χ2v) is 7.57. The molecule has 0 saturated heterocycles. The van der Waals surface area contributed by atoms with Gasteiger partial charge in [-0.3, -0.25) is 0 Å². The monoisotopic (exact) mass is 291 g/mol. The van der Waals surface area contributed by atoms with Crippen LogP contribution in [0, 0.1) is 17.0 Å². The van der Waals surface area contributed by atoms with Gasteiger partial charge in [0, 0.05) is 6.04 Å². The maximum atomic E-state index is 13.5. The number of rotatable bonds is 4. The molecule has 1 aromatic rings. The van der Waals surface area contributed by atoms with Crippen LogP contribution in [0.3, 0.4) is 0 Å². The summed E-state index contributed by atoms with van der Waals surface area (Å²) >= 11 is 0. The fraction of sp³-hybridized carbons (Fsp3) is 0.538. The zero-order chi connectivity index (χ0) is 14.8. The van der Waals surface area contributed by atoms with Gasteiger partial charge in [0.1, 0.15) is 16.5 Å². The Bertz CT molecular complexity index is 550. The predicted octanol–water partition coefficient (Wildman–Crippen LogP) is 2.37.